The fraction of sp³-hybridized carbons (Fsp3) is 0.933. The maximum atomic E-state index is 12.0. The molecule has 0 bridgehead atoms. The molecule has 0 unspecified atom stereocenters. The molecular weight excluding hydrogens is 254 g/mol. The number of carbonyl (C=O) groups excluding carboxylic acids is 1. The van der Waals surface area contributed by atoms with Gasteiger partial charge in [-0.3, -0.25) is 0 Å². The van der Waals surface area contributed by atoms with E-state index in [9.17, 15) is 4.79 Å². The van der Waals surface area contributed by atoms with Crippen LogP contribution in [0.1, 0.15) is 39.5 Å². The van der Waals surface area contributed by atoms with Crippen LogP contribution in [0.2, 0.25) is 0 Å². The molecule has 0 aromatic rings. The second-order valence-corrected chi connectivity index (χ2v) is 5.82. The highest BCUT2D eigenvalue weighted by Gasteiger charge is 2.16. The van der Waals surface area contributed by atoms with Crippen molar-refractivity contribution in [3.05, 3.63) is 0 Å². The van der Waals surface area contributed by atoms with Crippen molar-refractivity contribution in [3.8, 4) is 0 Å². The lowest BCUT2D eigenvalue weighted by Crippen LogP contribution is -2.45. The third-order valence-electron chi connectivity index (χ3n) is 4.02. The minimum absolute atomic E-state index is 0.0289. The molecule has 1 aliphatic heterocycles. The predicted octanol–water partition coefficient (Wildman–Crippen LogP) is 1.52. The van der Waals surface area contributed by atoms with Crippen LogP contribution in [-0.4, -0.2) is 66.8 Å². The van der Waals surface area contributed by atoms with Crippen LogP contribution in [0, 0.1) is 5.92 Å². The second-order valence-electron chi connectivity index (χ2n) is 5.82. The highest BCUT2D eigenvalue weighted by atomic mass is 16.3. The first-order valence-corrected chi connectivity index (χ1v) is 8.03. The van der Waals surface area contributed by atoms with Gasteiger partial charge in [0.2, 0.25) is 0 Å². The Labute approximate surface area is 123 Å². The SMILES string of the molecule is CCCCN(CCO)C(=O)NCCN1CCC(C)CC1. The zero-order chi connectivity index (χ0) is 14.8. The summed E-state index contributed by atoms with van der Waals surface area (Å²) in [6.07, 6.45) is 4.57. The van der Waals surface area contributed by atoms with Gasteiger partial charge in [-0.1, -0.05) is 20.3 Å². The molecule has 5 heteroatoms. The number of hydrogen-bond donors (Lipinski definition) is 2. The molecule has 118 valence electrons. The molecule has 1 fully saturated rings. The normalized spacial score (nSPS) is 17.1. The molecule has 0 aromatic carbocycles. The van der Waals surface area contributed by atoms with Crippen molar-refractivity contribution >= 4 is 6.03 Å². The first-order chi connectivity index (χ1) is 9.67. The summed E-state index contributed by atoms with van der Waals surface area (Å²) in [5.41, 5.74) is 0. The van der Waals surface area contributed by atoms with Crippen LogP contribution in [0.15, 0.2) is 0 Å². The number of amides is 2. The number of likely N-dealkylation sites (tertiary alicyclic amines) is 1. The summed E-state index contributed by atoms with van der Waals surface area (Å²) in [6, 6.07) is -0.0436. The van der Waals surface area contributed by atoms with E-state index in [0.717, 1.165) is 44.9 Å². The number of aliphatic hydroxyl groups excluding tert-OH is 1. The molecule has 0 atom stereocenters. The molecule has 2 N–H and O–H groups in total. The Bertz CT molecular complexity index is 266. The van der Waals surface area contributed by atoms with Gasteiger partial charge < -0.3 is 20.2 Å². The summed E-state index contributed by atoms with van der Waals surface area (Å²) in [4.78, 5) is 16.1. The topological polar surface area (TPSA) is 55.8 Å². The zero-order valence-corrected chi connectivity index (χ0v) is 13.1. The van der Waals surface area contributed by atoms with Crippen molar-refractivity contribution in [2.45, 2.75) is 39.5 Å². The van der Waals surface area contributed by atoms with Crippen LogP contribution in [0.4, 0.5) is 4.79 Å². The van der Waals surface area contributed by atoms with Crippen LogP contribution >= 0.6 is 0 Å². The van der Waals surface area contributed by atoms with Crippen molar-refractivity contribution in [3.63, 3.8) is 0 Å². The molecule has 2 amide bonds. The number of piperidine rings is 1. The van der Waals surface area contributed by atoms with Gasteiger partial charge in [-0.2, -0.15) is 0 Å². The fourth-order valence-corrected chi connectivity index (χ4v) is 2.50. The molecule has 1 heterocycles. The van der Waals surface area contributed by atoms with Crippen LogP contribution in [0.5, 0.6) is 0 Å². The van der Waals surface area contributed by atoms with Crippen molar-refractivity contribution in [2.75, 3.05) is 45.9 Å². The second kappa shape index (κ2) is 10.00. The number of rotatable bonds is 8. The average molecular weight is 285 g/mol. The minimum Gasteiger partial charge on any atom is -0.395 e. The van der Waals surface area contributed by atoms with E-state index in [1.54, 1.807) is 4.90 Å². The largest absolute Gasteiger partial charge is 0.395 e. The van der Waals surface area contributed by atoms with Gasteiger partial charge in [0.05, 0.1) is 6.61 Å². The lowest BCUT2D eigenvalue weighted by Gasteiger charge is -2.30. The number of aliphatic hydroxyl groups is 1. The van der Waals surface area contributed by atoms with Crippen molar-refractivity contribution in [2.24, 2.45) is 5.92 Å². The quantitative estimate of drug-likeness (QED) is 0.711. The van der Waals surface area contributed by atoms with Crippen LogP contribution in [0.25, 0.3) is 0 Å². The van der Waals surface area contributed by atoms with Gasteiger partial charge in [-0.05, 0) is 38.3 Å². The van der Waals surface area contributed by atoms with Crippen LogP contribution < -0.4 is 5.32 Å². The molecule has 0 saturated carbocycles. The highest BCUT2D eigenvalue weighted by Crippen LogP contribution is 2.15. The van der Waals surface area contributed by atoms with Gasteiger partial charge in [0.15, 0.2) is 0 Å². The van der Waals surface area contributed by atoms with Crippen LogP contribution in [-0.2, 0) is 0 Å². The average Bonchev–Trinajstić information content (AvgIpc) is 2.45. The Kier molecular flexibility index (Phi) is 8.62. The first kappa shape index (κ1) is 17.2. The summed E-state index contributed by atoms with van der Waals surface area (Å²) in [6.45, 7) is 9.51. The molecule has 1 aliphatic rings. The van der Waals surface area contributed by atoms with Crippen molar-refractivity contribution < 1.29 is 9.90 Å². The summed E-state index contributed by atoms with van der Waals surface area (Å²) in [5.74, 6) is 0.843. The van der Waals surface area contributed by atoms with E-state index in [0.29, 0.717) is 13.1 Å². The number of nitrogens with zero attached hydrogens (tertiary/aromatic N) is 2. The lowest BCUT2D eigenvalue weighted by molar-refractivity contribution is 0.169. The van der Waals surface area contributed by atoms with E-state index in [1.165, 1.54) is 12.8 Å². The lowest BCUT2D eigenvalue weighted by atomic mass is 9.99. The van der Waals surface area contributed by atoms with E-state index >= 15 is 0 Å². The number of carbonyl (C=O) groups is 1. The Morgan fingerprint density at radius 2 is 2.05 bits per heavy atom. The standard InChI is InChI=1S/C15H31N3O2/c1-3-4-8-18(12-13-19)15(20)16-7-11-17-9-5-14(2)6-10-17/h14,19H,3-13H2,1-2H3,(H,16,20). The van der Waals surface area contributed by atoms with Crippen molar-refractivity contribution in [1.82, 2.24) is 15.1 Å². The molecule has 1 rings (SSSR count). The van der Waals surface area contributed by atoms with Gasteiger partial charge >= 0.3 is 6.03 Å². The van der Waals surface area contributed by atoms with Gasteiger partial charge in [0, 0.05) is 26.2 Å². The Morgan fingerprint density at radius 1 is 1.35 bits per heavy atom. The summed E-state index contributed by atoms with van der Waals surface area (Å²) in [7, 11) is 0. The van der Waals surface area contributed by atoms with Crippen LogP contribution in [0.3, 0.4) is 0 Å². The van der Waals surface area contributed by atoms with E-state index < -0.39 is 0 Å². The molecular formula is C15H31N3O2. The summed E-state index contributed by atoms with van der Waals surface area (Å²) in [5, 5.41) is 12.0. The summed E-state index contributed by atoms with van der Waals surface area (Å²) < 4.78 is 0. The molecule has 0 spiro atoms. The Morgan fingerprint density at radius 3 is 2.65 bits per heavy atom. The third-order valence-corrected chi connectivity index (χ3v) is 4.02. The summed E-state index contributed by atoms with van der Waals surface area (Å²) >= 11 is 0. The van der Waals surface area contributed by atoms with E-state index in [4.69, 9.17) is 5.11 Å². The van der Waals surface area contributed by atoms with Gasteiger partial charge in [0.1, 0.15) is 0 Å². The molecule has 5 nitrogen and oxygen atoms in total. The highest BCUT2D eigenvalue weighted by molar-refractivity contribution is 5.74. The van der Waals surface area contributed by atoms with Gasteiger partial charge in [-0.25, -0.2) is 4.79 Å². The first-order valence-electron chi connectivity index (χ1n) is 8.03. The molecule has 1 saturated heterocycles. The molecule has 20 heavy (non-hydrogen) atoms. The monoisotopic (exact) mass is 285 g/mol. The molecule has 0 aromatic heterocycles. The zero-order valence-electron chi connectivity index (χ0n) is 13.1. The van der Waals surface area contributed by atoms with E-state index in [2.05, 4.69) is 24.1 Å². The molecule has 0 aliphatic carbocycles. The maximum Gasteiger partial charge on any atom is 0.317 e. The van der Waals surface area contributed by atoms with Gasteiger partial charge in [-0.15, -0.1) is 0 Å². The number of nitrogens with one attached hydrogen (secondary N) is 1. The Hall–Kier alpha value is -0.810. The minimum atomic E-state index is -0.0436. The smallest absolute Gasteiger partial charge is 0.317 e. The number of urea groups is 1. The maximum absolute atomic E-state index is 12.0. The predicted molar refractivity (Wildman–Crippen MR) is 81.8 cm³/mol. The Balaban J connectivity index is 2.19. The molecule has 0 radical (unpaired) electrons. The van der Waals surface area contributed by atoms with E-state index in [-0.39, 0.29) is 12.6 Å². The third kappa shape index (κ3) is 6.57. The van der Waals surface area contributed by atoms with Crippen molar-refractivity contribution in [1.29, 1.82) is 0 Å². The number of unbranched alkanes of at least 4 members (excludes halogenated alkanes) is 1. The van der Waals surface area contributed by atoms with E-state index in [1.807, 2.05) is 0 Å². The van der Waals surface area contributed by atoms with Gasteiger partial charge in [0.25, 0.3) is 0 Å². The fourth-order valence-electron chi connectivity index (χ4n) is 2.50. The number of hydrogen-bond acceptors (Lipinski definition) is 3.